The minimum Gasteiger partial charge on any atom is -0.338 e. The average molecular weight is 456 g/mol. The van der Waals surface area contributed by atoms with Crippen LogP contribution in [0.3, 0.4) is 0 Å². The van der Waals surface area contributed by atoms with Crippen molar-refractivity contribution in [2.45, 2.75) is 29.9 Å². The number of aromatic nitrogens is 2. The maximum absolute atomic E-state index is 13.0. The van der Waals surface area contributed by atoms with Gasteiger partial charge in [0.15, 0.2) is 15.7 Å². The minimum absolute atomic E-state index is 0.167. The predicted molar refractivity (Wildman–Crippen MR) is 120 cm³/mol. The number of hydrogen-bond donors (Lipinski definition) is 0. The van der Waals surface area contributed by atoms with E-state index in [-0.39, 0.29) is 10.8 Å². The lowest BCUT2D eigenvalue weighted by Crippen LogP contribution is -2.42. The minimum atomic E-state index is -3.46. The SMILES string of the molecule is Cc1nc(-c2ccccc2)ncc1C(=O)N1CCC(S(=O)(=O)c2ccc(Cl)cc2)CC1. The maximum Gasteiger partial charge on any atom is 0.257 e. The van der Waals surface area contributed by atoms with E-state index in [9.17, 15) is 13.2 Å². The van der Waals surface area contributed by atoms with Gasteiger partial charge >= 0.3 is 0 Å². The van der Waals surface area contributed by atoms with Gasteiger partial charge in [-0.25, -0.2) is 18.4 Å². The molecule has 0 N–H and O–H groups in total. The number of likely N-dealkylation sites (tertiary alicyclic amines) is 1. The quantitative estimate of drug-likeness (QED) is 0.589. The van der Waals surface area contributed by atoms with Gasteiger partial charge in [-0.3, -0.25) is 4.79 Å². The first-order chi connectivity index (χ1) is 14.9. The van der Waals surface area contributed by atoms with Gasteiger partial charge in [0, 0.05) is 29.9 Å². The van der Waals surface area contributed by atoms with E-state index in [1.807, 2.05) is 30.3 Å². The molecule has 1 aliphatic rings. The first-order valence-corrected chi connectivity index (χ1v) is 12.0. The van der Waals surface area contributed by atoms with Crippen LogP contribution >= 0.6 is 11.6 Å². The lowest BCUT2D eigenvalue weighted by atomic mass is 10.1. The van der Waals surface area contributed by atoms with Crippen molar-refractivity contribution >= 4 is 27.3 Å². The van der Waals surface area contributed by atoms with Crippen LogP contribution < -0.4 is 0 Å². The second-order valence-electron chi connectivity index (χ2n) is 7.55. The van der Waals surface area contributed by atoms with Gasteiger partial charge in [0.2, 0.25) is 0 Å². The third-order valence-corrected chi connectivity index (χ3v) is 8.08. The summed E-state index contributed by atoms with van der Waals surface area (Å²) in [5.41, 5.74) is 1.94. The number of nitrogens with zero attached hydrogens (tertiary/aromatic N) is 3. The highest BCUT2D eigenvalue weighted by atomic mass is 35.5. The van der Waals surface area contributed by atoms with Crippen LogP contribution in [0, 0.1) is 6.92 Å². The molecule has 31 heavy (non-hydrogen) atoms. The number of carbonyl (C=O) groups excluding carboxylic acids is 1. The Morgan fingerprint density at radius 2 is 1.68 bits per heavy atom. The molecule has 1 saturated heterocycles. The first-order valence-electron chi connectivity index (χ1n) is 10.0. The molecule has 0 bridgehead atoms. The average Bonchev–Trinajstić information content (AvgIpc) is 2.79. The van der Waals surface area contributed by atoms with E-state index in [1.54, 1.807) is 30.2 Å². The molecular formula is C23H22ClN3O3S. The molecule has 1 aromatic heterocycles. The highest BCUT2D eigenvalue weighted by Crippen LogP contribution is 2.27. The Bertz CT molecular complexity index is 1190. The standard InChI is InChI=1S/C23H22ClN3O3S/c1-16-21(15-25-22(26-16)17-5-3-2-4-6-17)23(28)27-13-11-20(12-14-27)31(29,30)19-9-7-18(24)8-10-19/h2-10,15,20H,11-14H2,1H3. The van der Waals surface area contributed by atoms with Gasteiger partial charge in [-0.15, -0.1) is 0 Å². The number of hydrogen-bond acceptors (Lipinski definition) is 5. The Morgan fingerprint density at radius 1 is 1.03 bits per heavy atom. The second-order valence-corrected chi connectivity index (χ2v) is 10.2. The van der Waals surface area contributed by atoms with E-state index in [4.69, 9.17) is 11.6 Å². The molecule has 6 nitrogen and oxygen atoms in total. The third-order valence-electron chi connectivity index (χ3n) is 5.55. The molecule has 2 aromatic carbocycles. The van der Waals surface area contributed by atoms with Crippen molar-refractivity contribution in [1.29, 1.82) is 0 Å². The molecule has 0 atom stereocenters. The van der Waals surface area contributed by atoms with Crippen molar-refractivity contribution in [3.8, 4) is 11.4 Å². The molecule has 2 heterocycles. The third kappa shape index (κ3) is 4.48. The summed E-state index contributed by atoms with van der Waals surface area (Å²) in [5, 5.41) is -0.0224. The summed E-state index contributed by atoms with van der Waals surface area (Å²) >= 11 is 5.87. The number of rotatable bonds is 4. The Hall–Kier alpha value is -2.77. The fraction of sp³-hybridized carbons (Fsp3) is 0.261. The van der Waals surface area contributed by atoms with Crippen molar-refractivity contribution in [3.63, 3.8) is 0 Å². The normalized spacial score (nSPS) is 15.1. The molecule has 1 amide bonds. The summed E-state index contributed by atoms with van der Waals surface area (Å²) in [6.07, 6.45) is 2.33. The summed E-state index contributed by atoms with van der Waals surface area (Å²) in [6, 6.07) is 15.8. The van der Waals surface area contributed by atoms with Gasteiger partial charge < -0.3 is 4.90 Å². The highest BCUT2D eigenvalue weighted by Gasteiger charge is 2.33. The molecule has 3 aromatic rings. The summed E-state index contributed by atoms with van der Waals surface area (Å²) in [7, 11) is -3.46. The van der Waals surface area contributed by atoms with Crippen molar-refractivity contribution in [2.75, 3.05) is 13.1 Å². The monoisotopic (exact) mass is 455 g/mol. The van der Waals surface area contributed by atoms with Gasteiger partial charge in [0.25, 0.3) is 5.91 Å². The predicted octanol–water partition coefficient (Wildman–Crippen LogP) is 4.18. The fourth-order valence-corrected chi connectivity index (χ4v) is 5.62. The van der Waals surface area contributed by atoms with Gasteiger partial charge in [-0.1, -0.05) is 41.9 Å². The molecule has 0 unspecified atom stereocenters. The van der Waals surface area contributed by atoms with Gasteiger partial charge in [0.1, 0.15) is 0 Å². The van der Waals surface area contributed by atoms with E-state index in [0.29, 0.717) is 48.0 Å². The first kappa shape index (κ1) is 21.5. The number of piperidine rings is 1. The number of carbonyl (C=O) groups is 1. The molecule has 0 spiro atoms. The lowest BCUT2D eigenvalue weighted by Gasteiger charge is -2.32. The van der Waals surface area contributed by atoms with Crippen molar-refractivity contribution in [2.24, 2.45) is 0 Å². The number of sulfone groups is 1. The van der Waals surface area contributed by atoms with E-state index >= 15 is 0 Å². The summed E-state index contributed by atoms with van der Waals surface area (Å²) < 4.78 is 25.8. The number of amides is 1. The van der Waals surface area contributed by atoms with Gasteiger partial charge in [-0.2, -0.15) is 0 Å². The molecule has 1 aliphatic heterocycles. The molecule has 8 heteroatoms. The van der Waals surface area contributed by atoms with Crippen LogP contribution in [0.25, 0.3) is 11.4 Å². The van der Waals surface area contributed by atoms with Crippen molar-refractivity contribution < 1.29 is 13.2 Å². The van der Waals surface area contributed by atoms with Crippen LogP contribution in [0.1, 0.15) is 28.9 Å². The summed E-state index contributed by atoms with van der Waals surface area (Å²) in [4.78, 5) is 23.8. The topological polar surface area (TPSA) is 80.2 Å². The van der Waals surface area contributed by atoms with Crippen LogP contribution in [0.15, 0.2) is 65.7 Å². The molecule has 4 rings (SSSR count). The van der Waals surface area contributed by atoms with Gasteiger partial charge in [0.05, 0.1) is 21.4 Å². The van der Waals surface area contributed by atoms with Gasteiger partial charge in [-0.05, 0) is 44.0 Å². The zero-order valence-corrected chi connectivity index (χ0v) is 18.6. The molecule has 0 radical (unpaired) electrons. The summed E-state index contributed by atoms with van der Waals surface area (Å²) in [6.45, 7) is 2.53. The van der Waals surface area contributed by atoms with Crippen LogP contribution in [-0.2, 0) is 9.84 Å². The molecule has 160 valence electrons. The zero-order chi connectivity index (χ0) is 22.0. The number of aryl methyl sites for hydroxylation is 1. The second kappa shape index (κ2) is 8.77. The molecule has 1 fully saturated rings. The Balaban J connectivity index is 1.45. The highest BCUT2D eigenvalue weighted by molar-refractivity contribution is 7.92. The Morgan fingerprint density at radius 3 is 2.29 bits per heavy atom. The van der Waals surface area contributed by atoms with Crippen LogP contribution in [0.5, 0.6) is 0 Å². The van der Waals surface area contributed by atoms with E-state index in [0.717, 1.165) is 5.56 Å². The molecule has 0 saturated carbocycles. The lowest BCUT2D eigenvalue weighted by molar-refractivity contribution is 0.0724. The Labute approximate surface area is 186 Å². The number of halogens is 1. The largest absolute Gasteiger partial charge is 0.338 e. The van der Waals surface area contributed by atoms with Crippen molar-refractivity contribution in [3.05, 3.63) is 77.1 Å². The van der Waals surface area contributed by atoms with E-state index < -0.39 is 15.1 Å². The Kier molecular flexibility index (Phi) is 6.07. The molecular weight excluding hydrogens is 434 g/mol. The molecule has 0 aliphatic carbocycles. The zero-order valence-electron chi connectivity index (χ0n) is 17.0. The van der Waals surface area contributed by atoms with Crippen molar-refractivity contribution in [1.82, 2.24) is 14.9 Å². The van der Waals surface area contributed by atoms with E-state index in [2.05, 4.69) is 9.97 Å². The van der Waals surface area contributed by atoms with Crippen LogP contribution in [0.4, 0.5) is 0 Å². The summed E-state index contributed by atoms with van der Waals surface area (Å²) in [5.74, 6) is 0.405. The van der Waals surface area contributed by atoms with Crippen LogP contribution in [-0.4, -0.2) is 47.5 Å². The number of benzene rings is 2. The maximum atomic E-state index is 13.0. The fourth-order valence-electron chi connectivity index (χ4n) is 3.76. The van der Waals surface area contributed by atoms with E-state index in [1.165, 1.54) is 12.1 Å². The van der Waals surface area contributed by atoms with Crippen LogP contribution in [0.2, 0.25) is 5.02 Å². The smallest absolute Gasteiger partial charge is 0.257 e.